The minimum absolute atomic E-state index is 0.176. The molecule has 0 saturated heterocycles. The Morgan fingerprint density at radius 1 is 0.977 bits per heavy atom. The van der Waals surface area contributed by atoms with Gasteiger partial charge in [-0.2, -0.15) is 0 Å². The molecule has 0 heterocycles. The van der Waals surface area contributed by atoms with Crippen molar-refractivity contribution in [1.29, 1.82) is 0 Å². The molecule has 3 aromatic rings. The second-order valence-corrected chi connectivity index (χ2v) is 11.5. The molecular weight excluding hydrogens is 534 g/mol. The van der Waals surface area contributed by atoms with E-state index in [1.165, 1.54) is 5.56 Å². The van der Waals surface area contributed by atoms with Crippen LogP contribution in [0.2, 0.25) is 0 Å². The highest BCUT2D eigenvalue weighted by Gasteiger charge is 2.29. The molecule has 1 aliphatic carbocycles. The summed E-state index contributed by atoms with van der Waals surface area (Å²) in [5, 5.41) is 16.4. The van der Waals surface area contributed by atoms with Gasteiger partial charge in [0.25, 0.3) is 0 Å². The summed E-state index contributed by atoms with van der Waals surface area (Å²) in [5.74, 6) is 1.56. The van der Waals surface area contributed by atoms with E-state index in [1.54, 1.807) is 12.1 Å². The SMILES string of the molecule is CCN=C1CC(=O)/C(=C(\c2cccc(C)c2)c2cc(OCCCCNCCNCc3cccc(O)c3)ccc2C)CC1C. The number of rotatable bonds is 14. The number of aliphatic imine (C=N–C) groups is 1. The summed E-state index contributed by atoms with van der Waals surface area (Å²) in [4.78, 5) is 18.2. The number of hydrogen-bond acceptors (Lipinski definition) is 6. The molecule has 0 aliphatic heterocycles. The maximum Gasteiger partial charge on any atom is 0.165 e. The number of ketones is 1. The van der Waals surface area contributed by atoms with E-state index in [-0.39, 0.29) is 11.7 Å². The molecule has 0 spiro atoms. The number of phenolic OH excluding ortho intramolecular Hbond substituents is 1. The Bertz CT molecular complexity index is 1440. The van der Waals surface area contributed by atoms with Crippen molar-refractivity contribution in [3.63, 3.8) is 0 Å². The Labute approximate surface area is 257 Å². The Morgan fingerprint density at radius 3 is 2.58 bits per heavy atom. The number of ether oxygens (including phenoxy) is 1. The quantitative estimate of drug-likeness (QED) is 0.144. The zero-order chi connectivity index (χ0) is 30.6. The highest BCUT2D eigenvalue weighted by atomic mass is 16.5. The number of allylic oxidation sites excluding steroid dienone is 1. The predicted octanol–water partition coefficient (Wildman–Crippen LogP) is 6.81. The molecule has 0 radical (unpaired) electrons. The van der Waals surface area contributed by atoms with E-state index in [0.29, 0.717) is 31.7 Å². The molecule has 6 nitrogen and oxygen atoms in total. The second kappa shape index (κ2) is 16.2. The zero-order valence-corrected chi connectivity index (χ0v) is 26.2. The minimum Gasteiger partial charge on any atom is -0.508 e. The number of Topliss-reactive ketones (excluding diaryl/α,β-unsaturated/α-hetero) is 1. The minimum atomic E-state index is 0.176. The molecule has 0 aromatic heterocycles. The number of hydrogen-bond donors (Lipinski definition) is 3. The summed E-state index contributed by atoms with van der Waals surface area (Å²) in [6.45, 7) is 13.2. The highest BCUT2D eigenvalue weighted by molar-refractivity contribution is 6.17. The lowest BCUT2D eigenvalue weighted by Crippen LogP contribution is -2.27. The van der Waals surface area contributed by atoms with Crippen LogP contribution in [0.1, 0.15) is 67.3 Å². The molecule has 0 bridgehead atoms. The van der Waals surface area contributed by atoms with E-state index in [4.69, 9.17) is 4.74 Å². The van der Waals surface area contributed by atoms with Gasteiger partial charge in [-0.25, -0.2) is 0 Å². The molecule has 0 amide bonds. The number of nitrogens with zero attached hydrogens (tertiary/aromatic N) is 1. The molecule has 1 unspecified atom stereocenters. The first-order valence-corrected chi connectivity index (χ1v) is 15.7. The first-order chi connectivity index (χ1) is 20.9. The third-order valence-corrected chi connectivity index (χ3v) is 7.94. The average molecular weight is 582 g/mol. The van der Waals surface area contributed by atoms with Crippen LogP contribution in [0.25, 0.3) is 5.57 Å². The standard InChI is InChI=1S/C37H47N3O3/c1-5-40-35-24-36(42)34(21-28(35)4)37(30-12-8-10-26(2)20-30)33-23-32(15-14-27(33)3)43-19-7-6-16-38-17-18-39-25-29-11-9-13-31(41)22-29/h8-15,20,22-23,28,38-39,41H,5-7,16-19,21,24-25H2,1-4H3/b37-34+,40-35?. The van der Waals surface area contributed by atoms with Gasteiger partial charge < -0.3 is 20.5 Å². The Kier molecular flexibility index (Phi) is 12.1. The van der Waals surface area contributed by atoms with Crippen molar-refractivity contribution in [2.45, 2.75) is 59.9 Å². The first kappa shape index (κ1) is 32.2. The number of carbonyl (C=O) groups is 1. The van der Waals surface area contributed by atoms with Gasteiger partial charge in [0, 0.05) is 43.9 Å². The van der Waals surface area contributed by atoms with Crippen LogP contribution >= 0.6 is 0 Å². The summed E-state index contributed by atoms with van der Waals surface area (Å²) in [7, 11) is 0. The molecule has 3 N–H and O–H groups in total. The topological polar surface area (TPSA) is 83.0 Å². The lowest BCUT2D eigenvalue weighted by Gasteiger charge is -2.26. The van der Waals surface area contributed by atoms with Gasteiger partial charge in [0.15, 0.2) is 5.78 Å². The van der Waals surface area contributed by atoms with Gasteiger partial charge in [0.05, 0.1) is 6.61 Å². The molecule has 43 heavy (non-hydrogen) atoms. The van der Waals surface area contributed by atoms with Crippen LogP contribution < -0.4 is 15.4 Å². The normalized spacial score (nSPS) is 17.3. The van der Waals surface area contributed by atoms with Crippen molar-refractivity contribution in [3.8, 4) is 11.5 Å². The van der Waals surface area contributed by atoms with Crippen molar-refractivity contribution >= 4 is 17.1 Å². The van der Waals surface area contributed by atoms with Crippen LogP contribution in [0.4, 0.5) is 0 Å². The predicted molar refractivity (Wildman–Crippen MR) is 177 cm³/mol. The van der Waals surface area contributed by atoms with Gasteiger partial charge in [0.1, 0.15) is 11.5 Å². The lowest BCUT2D eigenvalue weighted by atomic mass is 9.78. The molecule has 4 rings (SSSR count). The van der Waals surface area contributed by atoms with Crippen LogP contribution in [-0.2, 0) is 11.3 Å². The van der Waals surface area contributed by atoms with Gasteiger partial charge in [-0.15, -0.1) is 0 Å². The molecular formula is C37H47N3O3. The van der Waals surface area contributed by atoms with Crippen molar-refractivity contribution in [1.82, 2.24) is 10.6 Å². The number of aromatic hydroxyl groups is 1. The van der Waals surface area contributed by atoms with Crippen LogP contribution in [0.3, 0.4) is 0 Å². The Hall–Kier alpha value is -3.74. The van der Waals surface area contributed by atoms with E-state index in [1.807, 2.05) is 25.1 Å². The average Bonchev–Trinajstić information content (AvgIpc) is 2.98. The molecule has 6 heteroatoms. The van der Waals surface area contributed by atoms with E-state index < -0.39 is 0 Å². The molecule has 228 valence electrons. The third-order valence-electron chi connectivity index (χ3n) is 7.94. The van der Waals surface area contributed by atoms with E-state index in [2.05, 4.69) is 72.8 Å². The fraction of sp³-hybridized carbons (Fsp3) is 0.405. The molecule has 1 atom stereocenters. The van der Waals surface area contributed by atoms with E-state index in [0.717, 1.165) is 83.9 Å². The van der Waals surface area contributed by atoms with Crippen LogP contribution in [-0.4, -0.2) is 49.4 Å². The molecule has 3 aromatic carbocycles. The number of nitrogens with one attached hydrogen (secondary N) is 2. The summed E-state index contributed by atoms with van der Waals surface area (Å²) < 4.78 is 6.21. The van der Waals surface area contributed by atoms with Gasteiger partial charge in [0.2, 0.25) is 0 Å². The van der Waals surface area contributed by atoms with E-state index in [9.17, 15) is 9.90 Å². The number of benzene rings is 3. The zero-order valence-electron chi connectivity index (χ0n) is 26.2. The fourth-order valence-corrected chi connectivity index (χ4v) is 5.64. The summed E-state index contributed by atoms with van der Waals surface area (Å²) >= 11 is 0. The Balaban J connectivity index is 1.34. The van der Waals surface area contributed by atoms with Crippen molar-refractivity contribution < 1.29 is 14.6 Å². The van der Waals surface area contributed by atoms with Gasteiger partial charge >= 0.3 is 0 Å². The number of phenols is 1. The number of carbonyl (C=O) groups excluding carboxylic acids is 1. The van der Waals surface area contributed by atoms with Gasteiger partial charge in [-0.05, 0) is 105 Å². The smallest absolute Gasteiger partial charge is 0.165 e. The van der Waals surface area contributed by atoms with Gasteiger partial charge in [-0.1, -0.05) is 55.0 Å². The molecule has 1 aliphatic rings. The summed E-state index contributed by atoms with van der Waals surface area (Å²) in [5.41, 5.74) is 8.47. The molecule has 1 saturated carbocycles. The maximum atomic E-state index is 13.5. The van der Waals surface area contributed by atoms with Crippen LogP contribution in [0, 0.1) is 19.8 Å². The van der Waals surface area contributed by atoms with Crippen molar-refractivity contribution in [3.05, 3.63) is 100 Å². The number of unbranched alkanes of at least 4 members (excludes halogenated alkanes) is 1. The van der Waals surface area contributed by atoms with Crippen molar-refractivity contribution in [2.24, 2.45) is 10.9 Å². The Morgan fingerprint density at radius 2 is 1.79 bits per heavy atom. The van der Waals surface area contributed by atoms with E-state index >= 15 is 0 Å². The summed E-state index contributed by atoms with van der Waals surface area (Å²) in [6, 6.07) is 22.0. The van der Waals surface area contributed by atoms with Crippen LogP contribution in [0.15, 0.2) is 77.3 Å². The monoisotopic (exact) mass is 581 g/mol. The highest BCUT2D eigenvalue weighted by Crippen LogP contribution is 2.37. The first-order valence-electron chi connectivity index (χ1n) is 15.7. The van der Waals surface area contributed by atoms with Crippen molar-refractivity contribution in [2.75, 3.05) is 32.8 Å². The third kappa shape index (κ3) is 9.37. The molecule has 1 fully saturated rings. The lowest BCUT2D eigenvalue weighted by molar-refractivity contribution is -0.115. The van der Waals surface area contributed by atoms with Crippen LogP contribution in [0.5, 0.6) is 11.5 Å². The second-order valence-electron chi connectivity index (χ2n) is 11.5. The number of aryl methyl sites for hydroxylation is 2. The largest absolute Gasteiger partial charge is 0.508 e. The fourth-order valence-electron chi connectivity index (χ4n) is 5.64. The summed E-state index contributed by atoms with van der Waals surface area (Å²) in [6.07, 6.45) is 3.08. The maximum absolute atomic E-state index is 13.5. The van der Waals surface area contributed by atoms with Gasteiger partial charge in [-0.3, -0.25) is 9.79 Å².